The van der Waals surface area contributed by atoms with Crippen molar-refractivity contribution >= 4 is 29.1 Å². The van der Waals surface area contributed by atoms with Gasteiger partial charge >= 0.3 is 6.01 Å². The first-order chi connectivity index (χ1) is 16.1. The fraction of sp³-hybridized carbons (Fsp3) is 0.522. The fourth-order valence-corrected chi connectivity index (χ4v) is 4.67. The van der Waals surface area contributed by atoms with Crippen LogP contribution in [0, 0.1) is 6.92 Å². The molecule has 2 aromatic heterocycles. The van der Waals surface area contributed by atoms with Gasteiger partial charge in [0.1, 0.15) is 12.0 Å². The number of nitrogens with one attached hydrogen (secondary N) is 1. The highest BCUT2D eigenvalue weighted by Crippen LogP contribution is 2.34. The minimum Gasteiger partial charge on any atom is -0.467 e. The van der Waals surface area contributed by atoms with Gasteiger partial charge in [0.05, 0.1) is 38.1 Å². The molecule has 2 saturated heterocycles. The zero-order valence-electron chi connectivity index (χ0n) is 19.3. The quantitative estimate of drug-likeness (QED) is 0.518. The van der Waals surface area contributed by atoms with Crippen LogP contribution in [0.2, 0.25) is 0 Å². The average molecular weight is 493 g/mol. The molecule has 2 aliphatic heterocycles. The number of hydrogen-bond donors (Lipinski definition) is 2. The van der Waals surface area contributed by atoms with Crippen molar-refractivity contribution in [3.8, 4) is 11.8 Å². The molecule has 0 aliphatic carbocycles. The number of rotatable bonds is 7. The number of aliphatic hydroxyl groups excluding tert-OH is 1. The summed E-state index contributed by atoms with van der Waals surface area (Å²) in [5.41, 5.74) is 2.97. The number of halogens is 2. The number of fused-ring (bicyclic) bond motifs is 1. The summed E-state index contributed by atoms with van der Waals surface area (Å²) in [6.07, 6.45) is 1.72. The maximum atomic E-state index is 14.7. The van der Waals surface area contributed by atoms with Crippen LogP contribution in [0.15, 0.2) is 24.4 Å². The lowest BCUT2D eigenvalue weighted by atomic mass is 9.85. The van der Waals surface area contributed by atoms with Crippen LogP contribution in [-0.4, -0.2) is 83.6 Å². The standard InChI is InChI=1S/C23H29FN6O3.ClH/c1-14-7-15-10-26-30(20(15)8-18(14)17-3-4-25-11-19(17)24)22-9-21(27-23(28-22)32-2)29-12-16(13-29)33-6-5-31;/h7-10,16-17,19,25,31H,3-6,11-13H2,1-2H3;1H/t17-,19-;/m1./s1. The maximum absolute atomic E-state index is 14.7. The van der Waals surface area contributed by atoms with Gasteiger partial charge < -0.3 is 24.8 Å². The van der Waals surface area contributed by atoms with E-state index < -0.39 is 6.17 Å². The van der Waals surface area contributed by atoms with Crippen molar-refractivity contribution in [3.05, 3.63) is 35.5 Å². The predicted octanol–water partition coefficient (Wildman–Crippen LogP) is 2.17. The van der Waals surface area contributed by atoms with Gasteiger partial charge in [0, 0.05) is 37.0 Å². The van der Waals surface area contributed by atoms with Crippen LogP contribution in [0.1, 0.15) is 23.5 Å². The van der Waals surface area contributed by atoms with Crippen LogP contribution in [0.4, 0.5) is 10.2 Å². The van der Waals surface area contributed by atoms with Crippen LogP contribution < -0.4 is 15.0 Å². The Morgan fingerprint density at radius 3 is 2.74 bits per heavy atom. The number of aliphatic hydroxyl groups is 1. The highest BCUT2D eigenvalue weighted by atomic mass is 35.5. The molecule has 0 radical (unpaired) electrons. The van der Waals surface area contributed by atoms with Gasteiger partial charge in [-0.15, -0.1) is 12.4 Å². The fourth-order valence-electron chi connectivity index (χ4n) is 4.67. The van der Waals surface area contributed by atoms with Crippen molar-refractivity contribution in [2.45, 2.75) is 31.5 Å². The summed E-state index contributed by atoms with van der Waals surface area (Å²) in [7, 11) is 1.54. The zero-order valence-corrected chi connectivity index (χ0v) is 20.1. The van der Waals surface area contributed by atoms with Crippen molar-refractivity contribution in [2.24, 2.45) is 0 Å². The summed E-state index contributed by atoms with van der Waals surface area (Å²) < 4.78 is 27.4. The summed E-state index contributed by atoms with van der Waals surface area (Å²) in [5.74, 6) is 1.17. The lowest BCUT2D eigenvalue weighted by molar-refractivity contribution is 0.0132. The van der Waals surface area contributed by atoms with Crippen molar-refractivity contribution in [1.82, 2.24) is 25.1 Å². The van der Waals surface area contributed by atoms with Gasteiger partial charge in [-0.1, -0.05) is 0 Å². The van der Waals surface area contributed by atoms with Gasteiger partial charge in [0.15, 0.2) is 5.82 Å². The Balaban J connectivity index is 0.00000274. The second-order valence-electron chi connectivity index (χ2n) is 8.63. The van der Waals surface area contributed by atoms with E-state index in [1.54, 1.807) is 10.9 Å². The molecule has 0 amide bonds. The van der Waals surface area contributed by atoms with E-state index in [1.807, 2.05) is 13.0 Å². The van der Waals surface area contributed by atoms with Crippen LogP contribution in [0.5, 0.6) is 6.01 Å². The number of alkyl halides is 1. The van der Waals surface area contributed by atoms with E-state index in [1.165, 1.54) is 7.11 Å². The predicted molar refractivity (Wildman–Crippen MR) is 129 cm³/mol. The molecule has 5 rings (SSSR count). The molecule has 2 atom stereocenters. The number of aromatic nitrogens is 4. The number of benzene rings is 1. The third kappa shape index (κ3) is 4.68. The van der Waals surface area contributed by atoms with Crippen molar-refractivity contribution < 1.29 is 19.0 Å². The number of ether oxygens (including phenoxy) is 2. The molecule has 0 unspecified atom stereocenters. The molecule has 0 spiro atoms. The number of anilines is 1. The Morgan fingerprint density at radius 2 is 2.00 bits per heavy atom. The lowest BCUT2D eigenvalue weighted by Crippen LogP contribution is -2.53. The second-order valence-corrected chi connectivity index (χ2v) is 8.63. The zero-order chi connectivity index (χ0) is 22.9. The Kier molecular flexibility index (Phi) is 7.51. The summed E-state index contributed by atoms with van der Waals surface area (Å²) in [4.78, 5) is 11.1. The summed E-state index contributed by atoms with van der Waals surface area (Å²) in [6, 6.07) is 6.25. The lowest BCUT2D eigenvalue weighted by Gasteiger charge is -2.39. The van der Waals surface area contributed by atoms with E-state index in [-0.39, 0.29) is 37.0 Å². The first kappa shape index (κ1) is 24.6. The summed E-state index contributed by atoms with van der Waals surface area (Å²) >= 11 is 0. The molecule has 3 aromatic rings. The number of nitrogens with zero attached hydrogens (tertiary/aromatic N) is 5. The number of hydrogen-bond acceptors (Lipinski definition) is 8. The van der Waals surface area contributed by atoms with Gasteiger partial charge in [0.2, 0.25) is 0 Å². The van der Waals surface area contributed by atoms with Crippen LogP contribution in [-0.2, 0) is 4.74 Å². The average Bonchev–Trinajstić information content (AvgIpc) is 3.20. The number of aryl methyl sites for hydroxylation is 1. The highest BCUT2D eigenvalue weighted by Gasteiger charge is 2.30. The van der Waals surface area contributed by atoms with E-state index in [0.29, 0.717) is 32.1 Å². The van der Waals surface area contributed by atoms with Gasteiger partial charge in [-0.2, -0.15) is 15.1 Å². The van der Waals surface area contributed by atoms with Crippen molar-refractivity contribution in [3.63, 3.8) is 0 Å². The topological polar surface area (TPSA) is 97.6 Å². The van der Waals surface area contributed by atoms with E-state index >= 15 is 0 Å². The first-order valence-corrected chi connectivity index (χ1v) is 11.3. The second kappa shape index (κ2) is 10.4. The molecule has 9 nitrogen and oxygen atoms in total. The molecule has 0 bridgehead atoms. The van der Waals surface area contributed by atoms with E-state index in [2.05, 4.69) is 37.4 Å². The van der Waals surface area contributed by atoms with E-state index in [0.717, 1.165) is 40.8 Å². The third-order valence-electron chi connectivity index (χ3n) is 6.46. The number of methoxy groups -OCH3 is 1. The summed E-state index contributed by atoms with van der Waals surface area (Å²) in [6.45, 7) is 4.92. The summed E-state index contributed by atoms with van der Waals surface area (Å²) in [5, 5.41) is 17.6. The minimum absolute atomic E-state index is 0. The van der Waals surface area contributed by atoms with Crippen molar-refractivity contribution in [1.29, 1.82) is 0 Å². The van der Waals surface area contributed by atoms with E-state index in [9.17, 15) is 4.39 Å². The number of piperidine rings is 1. The molecule has 1 aromatic carbocycles. The molecule has 2 aliphatic rings. The minimum atomic E-state index is -0.913. The Bertz CT molecular complexity index is 1140. The van der Waals surface area contributed by atoms with Gasteiger partial charge in [0.25, 0.3) is 0 Å². The first-order valence-electron chi connectivity index (χ1n) is 11.3. The van der Waals surface area contributed by atoms with Crippen LogP contribution in [0.25, 0.3) is 16.7 Å². The molecule has 34 heavy (non-hydrogen) atoms. The van der Waals surface area contributed by atoms with Crippen LogP contribution in [0.3, 0.4) is 0 Å². The maximum Gasteiger partial charge on any atom is 0.320 e. The van der Waals surface area contributed by atoms with Crippen LogP contribution >= 0.6 is 12.4 Å². The Labute approximate surface area is 203 Å². The molecule has 11 heteroatoms. The molecule has 184 valence electrons. The third-order valence-corrected chi connectivity index (χ3v) is 6.46. The SMILES string of the molecule is COc1nc(N2CC(OCCO)C2)cc(-n2ncc3cc(C)c([C@H]4CCNC[C@H]4F)cc32)n1.Cl. The van der Waals surface area contributed by atoms with E-state index in [4.69, 9.17) is 14.6 Å². The van der Waals surface area contributed by atoms with Crippen molar-refractivity contribution in [2.75, 3.05) is 51.4 Å². The molecule has 0 saturated carbocycles. The largest absolute Gasteiger partial charge is 0.467 e. The van der Waals surface area contributed by atoms with Gasteiger partial charge in [-0.3, -0.25) is 0 Å². The highest BCUT2D eigenvalue weighted by molar-refractivity contribution is 5.85. The Hall–Kier alpha value is -2.53. The van der Waals surface area contributed by atoms with Gasteiger partial charge in [-0.05, 0) is 43.1 Å². The molecule has 2 fully saturated rings. The normalized spacial score (nSPS) is 20.8. The molecular weight excluding hydrogens is 463 g/mol. The Morgan fingerprint density at radius 1 is 1.21 bits per heavy atom. The molecular formula is C23H30ClFN6O3. The monoisotopic (exact) mass is 492 g/mol. The molecule has 2 N–H and O–H groups in total. The smallest absolute Gasteiger partial charge is 0.320 e. The van der Waals surface area contributed by atoms with Gasteiger partial charge in [-0.25, -0.2) is 9.07 Å². The molecule has 4 heterocycles.